The Hall–Kier alpha value is -1.13. The van der Waals surface area contributed by atoms with E-state index >= 15 is 0 Å². The van der Waals surface area contributed by atoms with Crippen molar-refractivity contribution in [2.24, 2.45) is 5.73 Å². The Labute approximate surface area is 99.9 Å². The van der Waals surface area contributed by atoms with Gasteiger partial charge in [-0.15, -0.1) is 0 Å². The van der Waals surface area contributed by atoms with E-state index in [9.17, 15) is 0 Å². The van der Waals surface area contributed by atoms with Crippen molar-refractivity contribution >= 4 is 26.7 Å². The highest BCUT2D eigenvalue weighted by Gasteiger charge is 2.13. The number of para-hydroxylation sites is 1. The number of thiazole rings is 1. The summed E-state index contributed by atoms with van der Waals surface area (Å²) in [7, 11) is 2.08. The smallest absolute Gasteiger partial charge is 0.186 e. The van der Waals surface area contributed by atoms with Gasteiger partial charge in [-0.05, 0) is 32.0 Å². The lowest BCUT2D eigenvalue weighted by atomic mass is 10.2. The lowest BCUT2D eigenvalue weighted by Crippen LogP contribution is -2.30. The van der Waals surface area contributed by atoms with E-state index in [1.807, 2.05) is 12.1 Å². The van der Waals surface area contributed by atoms with E-state index in [0.29, 0.717) is 6.04 Å². The molecule has 2 N–H and O–H groups in total. The molecule has 1 heterocycles. The fourth-order valence-electron chi connectivity index (χ4n) is 1.63. The van der Waals surface area contributed by atoms with Crippen molar-refractivity contribution in [2.75, 3.05) is 18.5 Å². The first-order valence-electron chi connectivity index (χ1n) is 5.51. The number of fused-ring (bicyclic) bond motifs is 1. The summed E-state index contributed by atoms with van der Waals surface area (Å²) in [5, 5.41) is 1.07. The number of benzene rings is 1. The third-order valence-corrected chi connectivity index (χ3v) is 3.96. The molecule has 3 nitrogen and oxygen atoms in total. The van der Waals surface area contributed by atoms with Gasteiger partial charge in [0.05, 0.1) is 10.2 Å². The molecule has 1 aromatic carbocycles. The minimum atomic E-state index is 0.436. The van der Waals surface area contributed by atoms with Crippen molar-refractivity contribution in [2.45, 2.75) is 19.4 Å². The second-order valence-electron chi connectivity index (χ2n) is 4.00. The summed E-state index contributed by atoms with van der Waals surface area (Å²) < 4.78 is 1.24. The van der Waals surface area contributed by atoms with Crippen LogP contribution in [0.3, 0.4) is 0 Å². The quantitative estimate of drug-likeness (QED) is 0.885. The van der Waals surface area contributed by atoms with Gasteiger partial charge in [0.2, 0.25) is 0 Å². The lowest BCUT2D eigenvalue weighted by molar-refractivity contribution is 0.634. The largest absolute Gasteiger partial charge is 0.348 e. The maximum Gasteiger partial charge on any atom is 0.186 e. The van der Waals surface area contributed by atoms with Crippen LogP contribution < -0.4 is 10.6 Å². The molecule has 0 saturated heterocycles. The summed E-state index contributed by atoms with van der Waals surface area (Å²) >= 11 is 1.73. The van der Waals surface area contributed by atoms with E-state index in [0.717, 1.165) is 23.6 Å². The average Bonchev–Trinajstić information content (AvgIpc) is 2.71. The molecular formula is C12H17N3S. The Morgan fingerprint density at radius 1 is 1.44 bits per heavy atom. The van der Waals surface area contributed by atoms with Crippen LogP contribution in [-0.2, 0) is 0 Å². The topological polar surface area (TPSA) is 42.1 Å². The van der Waals surface area contributed by atoms with E-state index in [-0.39, 0.29) is 0 Å². The first-order chi connectivity index (χ1) is 7.72. The number of nitrogens with two attached hydrogens (primary N) is 1. The van der Waals surface area contributed by atoms with Crippen LogP contribution in [-0.4, -0.2) is 24.6 Å². The predicted molar refractivity (Wildman–Crippen MR) is 71.2 cm³/mol. The van der Waals surface area contributed by atoms with Crippen molar-refractivity contribution in [3.63, 3.8) is 0 Å². The summed E-state index contributed by atoms with van der Waals surface area (Å²) in [5.74, 6) is 0. The fraction of sp³-hybridized carbons (Fsp3) is 0.417. The van der Waals surface area contributed by atoms with Crippen LogP contribution in [0.2, 0.25) is 0 Å². The van der Waals surface area contributed by atoms with Crippen LogP contribution in [0, 0.1) is 0 Å². The lowest BCUT2D eigenvalue weighted by Gasteiger charge is -2.23. The molecule has 2 aromatic rings. The number of hydrogen-bond donors (Lipinski definition) is 1. The molecule has 86 valence electrons. The van der Waals surface area contributed by atoms with E-state index in [4.69, 9.17) is 5.73 Å². The zero-order chi connectivity index (χ0) is 11.5. The molecule has 0 aliphatic carbocycles. The van der Waals surface area contributed by atoms with Gasteiger partial charge in [-0.3, -0.25) is 0 Å². The second-order valence-corrected chi connectivity index (χ2v) is 5.01. The highest BCUT2D eigenvalue weighted by Crippen LogP contribution is 2.28. The molecule has 0 aliphatic heterocycles. The van der Waals surface area contributed by atoms with Crippen molar-refractivity contribution in [3.05, 3.63) is 24.3 Å². The number of anilines is 1. The Balaban J connectivity index is 2.26. The summed E-state index contributed by atoms with van der Waals surface area (Å²) in [6.45, 7) is 2.90. The number of aromatic nitrogens is 1. The molecule has 0 bridgehead atoms. The van der Waals surface area contributed by atoms with Crippen LogP contribution >= 0.6 is 11.3 Å². The van der Waals surface area contributed by atoms with Crippen LogP contribution in [0.25, 0.3) is 10.2 Å². The molecule has 1 atom stereocenters. The molecule has 0 fully saturated rings. The minimum Gasteiger partial charge on any atom is -0.348 e. The van der Waals surface area contributed by atoms with Crippen LogP contribution in [0.1, 0.15) is 13.3 Å². The number of hydrogen-bond acceptors (Lipinski definition) is 4. The molecule has 0 aliphatic rings. The van der Waals surface area contributed by atoms with Gasteiger partial charge >= 0.3 is 0 Å². The molecule has 4 heteroatoms. The van der Waals surface area contributed by atoms with Crippen molar-refractivity contribution in [1.29, 1.82) is 0 Å². The first-order valence-corrected chi connectivity index (χ1v) is 6.32. The number of nitrogens with zero attached hydrogens (tertiary/aromatic N) is 2. The summed E-state index contributed by atoms with van der Waals surface area (Å²) in [6, 6.07) is 8.67. The van der Waals surface area contributed by atoms with Crippen LogP contribution in [0.5, 0.6) is 0 Å². The zero-order valence-electron chi connectivity index (χ0n) is 9.68. The third kappa shape index (κ3) is 2.18. The second kappa shape index (κ2) is 4.80. The fourth-order valence-corrected chi connectivity index (χ4v) is 2.66. The van der Waals surface area contributed by atoms with Gasteiger partial charge in [-0.25, -0.2) is 4.98 Å². The third-order valence-electron chi connectivity index (χ3n) is 2.83. The van der Waals surface area contributed by atoms with E-state index in [1.165, 1.54) is 4.70 Å². The molecule has 1 unspecified atom stereocenters. The maximum atomic E-state index is 5.58. The number of rotatable bonds is 4. The highest BCUT2D eigenvalue weighted by molar-refractivity contribution is 7.22. The van der Waals surface area contributed by atoms with Crippen molar-refractivity contribution in [3.8, 4) is 0 Å². The molecule has 0 spiro atoms. The summed E-state index contributed by atoms with van der Waals surface area (Å²) in [4.78, 5) is 6.83. The van der Waals surface area contributed by atoms with Gasteiger partial charge in [0.25, 0.3) is 0 Å². The van der Waals surface area contributed by atoms with Gasteiger partial charge in [-0.2, -0.15) is 0 Å². The van der Waals surface area contributed by atoms with Crippen LogP contribution in [0.4, 0.5) is 5.13 Å². The van der Waals surface area contributed by atoms with Gasteiger partial charge in [-0.1, -0.05) is 23.5 Å². The zero-order valence-corrected chi connectivity index (χ0v) is 10.5. The molecule has 2 rings (SSSR count). The van der Waals surface area contributed by atoms with Crippen molar-refractivity contribution in [1.82, 2.24) is 4.98 Å². The van der Waals surface area contributed by atoms with Gasteiger partial charge in [0.15, 0.2) is 5.13 Å². The highest BCUT2D eigenvalue weighted by atomic mass is 32.1. The van der Waals surface area contributed by atoms with Gasteiger partial charge in [0, 0.05) is 13.1 Å². The van der Waals surface area contributed by atoms with Gasteiger partial charge in [0.1, 0.15) is 0 Å². The molecule has 1 aromatic heterocycles. The summed E-state index contributed by atoms with van der Waals surface area (Å²) in [6.07, 6.45) is 0.992. The van der Waals surface area contributed by atoms with Crippen LogP contribution in [0.15, 0.2) is 24.3 Å². The molecule has 16 heavy (non-hydrogen) atoms. The maximum absolute atomic E-state index is 5.58. The normalized spacial score (nSPS) is 12.9. The molecule has 0 amide bonds. The Kier molecular flexibility index (Phi) is 3.41. The molecular weight excluding hydrogens is 218 g/mol. The average molecular weight is 235 g/mol. The standard InChI is InChI=1S/C12H17N3S/c1-9(7-8-13)15(2)12-14-10-5-3-4-6-11(10)16-12/h3-6,9H,7-8,13H2,1-2H3. The Morgan fingerprint density at radius 2 is 2.19 bits per heavy atom. The Bertz CT molecular complexity index is 433. The molecule has 0 saturated carbocycles. The van der Waals surface area contributed by atoms with E-state index in [1.54, 1.807) is 11.3 Å². The first kappa shape index (κ1) is 11.4. The SMILES string of the molecule is CC(CCN)N(C)c1nc2ccccc2s1. The monoisotopic (exact) mass is 235 g/mol. The van der Waals surface area contributed by atoms with E-state index in [2.05, 4.69) is 36.0 Å². The van der Waals surface area contributed by atoms with Crippen molar-refractivity contribution < 1.29 is 0 Å². The predicted octanol–water partition coefficient (Wildman–Crippen LogP) is 2.47. The summed E-state index contributed by atoms with van der Waals surface area (Å²) in [5.41, 5.74) is 6.65. The molecule has 0 radical (unpaired) electrons. The minimum absolute atomic E-state index is 0.436. The Morgan fingerprint density at radius 3 is 2.88 bits per heavy atom. The van der Waals surface area contributed by atoms with E-state index < -0.39 is 0 Å². The van der Waals surface area contributed by atoms with Gasteiger partial charge < -0.3 is 10.6 Å².